The van der Waals surface area contributed by atoms with Gasteiger partial charge in [-0.15, -0.1) is 11.3 Å². The Labute approximate surface area is 187 Å². The third-order valence-corrected chi connectivity index (χ3v) is 6.33. The van der Waals surface area contributed by atoms with Crippen LogP contribution in [0.4, 0.5) is 10.5 Å². The molecule has 1 saturated heterocycles. The molecule has 156 valence electrons. The highest BCUT2D eigenvalue weighted by molar-refractivity contribution is 7.16. The molecule has 4 amide bonds. The van der Waals surface area contributed by atoms with Crippen LogP contribution in [0.5, 0.6) is 0 Å². The Hall–Kier alpha value is -3.42. The van der Waals surface area contributed by atoms with E-state index in [1.54, 1.807) is 37.3 Å². The molecule has 1 aliphatic heterocycles. The lowest BCUT2D eigenvalue weighted by Crippen LogP contribution is -2.40. The molecule has 0 aliphatic carbocycles. The molecule has 0 radical (unpaired) electrons. The van der Waals surface area contributed by atoms with Crippen molar-refractivity contribution in [2.24, 2.45) is 0 Å². The monoisotopic (exact) mass is 451 g/mol. The number of rotatable bonds is 5. The van der Waals surface area contributed by atoms with Crippen LogP contribution in [0.25, 0.3) is 16.5 Å². The summed E-state index contributed by atoms with van der Waals surface area (Å²) in [5.41, 5.74) is 0.858. The van der Waals surface area contributed by atoms with E-state index >= 15 is 0 Å². The van der Waals surface area contributed by atoms with Crippen LogP contribution in [-0.2, 0) is 15.1 Å². The van der Waals surface area contributed by atoms with Gasteiger partial charge in [-0.1, -0.05) is 41.9 Å². The molecule has 1 fully saturated rings. The summed E-state index contributed by atoms with van der Waals surface area (Å²) in [5, 5.41) is 8.30. The number of urea groups is 1. The number of halogens is 1. The van der Waals surface area contributed by atoms with Crippen molar-refractivity contribution in [3.8, 4) is 10.4 Å². The summed E-state index contributed by atoms with van der Waals surface area (Å²) in [5.74, 6) is -0.747. The molecule has 1 atom stereocenters. The first kappa shape index (κ1) is 20.8. The number of nitrogens with one attached hydrogen (secondary N) is 3. The van der Waals surface area contributed by atoms with Gasteiger partial charge in [0.1, 0.15) is 5.54 Å². The van der Waals surface area contributed by atoms with Crippen molar-refractivity contribution in [1.82, 2.24) is 10.6 Å². The molecule has 0 spiro atoms. The van der Waals surface area contributed by atoms with E-state index in [1.165, 1.54) is 17.4 Å². The number of benzene rings is 2. The van der Waals surface area contributed by atoms with E-state index in [9.17, 15) is 14.4 Å². The van der Waals surface area contributed by atoms with E-state index < -0.39 is 17.5 Å². The second-order valence-corrected chi connectivity index (χ2v) is 8.64. The van der Waals surface area contributed by atoms with Crippen LogP contribution in [-0.4, -0.2) is 17.8 Å². The van der Waals surface area contributed by atoms with Gasteiger partial charge in [0, 0.05) is 32.1 Å². The third-order valence-electron chi connectivity index (χ3n) is 4.92. The highest BCUT2D eigenvalue weighted by atomic mass is 35.5. The van der Waals surface area contributed by atoms with Crippen molar-refractivity contribution in [2.75, 3.05) is 5.32 Å². The Bertz CT molecular complexity index is 1220. The molecular formula is C23H18ClN3O3S. The Balaban J connectivity index is 1.45. The van der Waals surface area contributed by atoms with Crippen LogP contribution in [0.15, 0.2) is 66.7 Å². The van der Waals surface area contributed by atoms with Gasteiger partial charge in [-0.05, 0) is 48.9 Å². The summed E-state index contributed by atoms with van der Waals surface area (Å²) < 4.78 is 0. The average Bonchev–Trinajstić information content (AvgIpc) is 3.31. The van der Waals surface area contributed by atoms with Gasteiger partial charge < -0.3 is 10.6 Å². The zero-order valence-corrected chi connectivity index (χ0v) is 18.0. The fourth-order valence-corrected chi connectivity index (χ4v) is 4.49. The molecule has 1 unspecified atom stereocenters. The van der Waals surface area contributed by atoms with Crippen molar-refractivity contribution in [1.29, 1.82) is 0 Å². The Morgan fingerprint density at radius 3 is 2.65 bits per heavy atom. The first-order chi connectivity index (χ1) is 14.8. The van der Waals surface area contributed by atoms with Crippen molar-refractivity contribution in [3.05, 3.63) is 82.2 Å². The van der Waals surface area contributed by atoms with E-state index in [1.807, 2.05) is 36.4 Å². The molecule has 3 N–H and O–H groups in total. The van der Waals surface area contributed by atoms with E-state index in [-0.39, 0.29) is 5.91 Å². The lowest BCUT2D eigenvalue weighted by molar-refractivity contribution is -0.123. The van der Waals surface area contributed by atoms with Crippen LogP contribution in [0, 0.1) is 0 Å². The number of imide groups is 1. The number of carbonyl (C=O) groups excluding carboxylic acids is 3. The number of carbonyl (C=O) groups is 3. The van der Waals surface area contributed by atoms with Crippen LogP contribution in [0.1, 0.15) is 17.4 Å². The first-order valence-electron chi connectivity index (χ1n) is 9.43. The summed E-state index contributed by atoms with van der Waals surface area (Å²) in [6.07, 6.45) is 3.18. The maximum absolute atomic E-state index is 12.4. The second kappa shape index (κ2) is 8.37. The van der Waals surface area contributed by atoms with Gasteiger partial charge in [-0.3, -0.25) is 14.9 Å². The molecule has 4 rings (SSSR count). The number of hydrogen-bond donors (Lipinski definition) is 3. The largest absolute Gasteiger partial charge is 0.323 e. The lowest BCUT2D eigenvalue weighted by atomic mass is 9.92. The van der Waals surface area contributed by atoms with E-state index in [2.05, 4.69) is 16.0 Å². The molecule has 1 aliphatic rings. The van der Waals surface area contributed by atoms with Crippen molar-refractivity contribution >= 4 is 52.5 Å². The van der Waals surface area contributed by atoms with E-state index in [0.717, 1.165) is 15.3 Å². The first-order valence-corrected chi connectivity index (χ1v) is 10.6. The van der Waals surface area contributed by atoms with Crippen LogP contribution >= 0.6 is 22.9 Å². The molecule has 0 bridgehead atoms. The lowest BCUT2D eigenvalue weighted by Gasteiger charge is -2.21. The highest BCUT2D eigenvalue weighted by Crippen LogP contribution is 2.33. The molecule has 2 heterocycles. The molecule has 3 aromatic rings. The molecule has 6 nitrogen and oxygen atoms in total. The fourth-order valence-electron chi connectivity index (χ4n) is 3.24. The molecule has 0 saturated carbocycles. The molecule has 31 heavy (non-hydrogen) atoms. The summed E-state index contributed by atoms with van der Waals surface area (Å²) >= 11 is 7.78. The van der Waals surface area contributed by atoms with Crippen LogP contribution in [0.3, 0.4) is 0 Å². The van der Waals surface area contributed by atoms with Crippen LogP contribution in [0.2, 0.25) is 5.02 Å². The van der Waals surface area contributed by atoms with Gasteiger partial charge in [-0.25, -0.2) is 4.79 Å². The normalized spacial score (nSPS) is 18.1. The number of thiophene rings is 1. The average molecular weight is 452 g/mol. The molecule has 2 aromatic carbocycles. The predicted octanol–water partition coefficient (Wildman–Crippen LogP) is 4.78. The minimum Gasteiger partial charge on any atom is -0.323 e. The summed E-state index contributed by atoms with van der Waals surface area (Å²) in [7, 11) is 0. The Morgan fingerprint density at radius 1 is 1.10 bits per heavy atom. The van der Waals surface area contributed by atoms with Crippen LogP contribution < -0.4 is 16.0 Å². The predicted molar refractivity (Wildman–Crippen MR) is 123 cm³/mol. The fraction of sp³-hybridized carbons (Fsp3) is 0.0870. The highest BCUT2D eigenvalue weighted by Gasteiger charge is 2.43. The van der Waals surface area contributed by atoms with Gasteiger partial charge in [-0.2, -0.15) is 0 Å². The maximum Gasteiger partial charge on any atom is 0.322 e. The third kappa shape index (κ3) is 4.38. The Morgan fingerprint density at radius 2 is 1.90 bits per heavy atom. The molecule has 8 heteroatoms. The van der Waals surface area contributed by atoms with Crippen molar-refractivity contribution < 1.29 is 14.4 Å². The van der Waals surface area contributed by atoms with Gasteiger partial charge in [0.25, 0.3) is 5.91 Å². The van der Waals surface area contributed by atoms with Gasteiger partial charge in [0.15, 0.2) is 0 Å². The summed E-state index contributed by atoms with van der Waals surface area (Å²) in [6, 6.07) is 17.8. The minimum absolute atomic E-state index is 0.310. The Kier molecular flexibility index (Phi) is 5.63. The van der Waals surface area contributed by atoms with Gasteiger partial charge in [0.2, 0.25) is 5.91 Å². The smallest absolute Gasteiger partial charge is 0.322 e. The SMILES string of the molecule is CC1(c2cccc(NC(=O)/C=C/c3ccc(-c4ccccc4Cl)s3)c2)NC(=O)NC1=O. The zero-order valence-electron chi connectivity index (χ0n) is 16.4. The minimum atomic E-state index is -1.18. The second-order valence-electron chi connectivity index (χ2n) is 7.12. The van der Waals surface area contributed by atoms with E-state index in [4.69, 9.17) is 11.6 Å². The maximum atomic E-state index is 12.4. The quantitative estimate of drug-likeness (QED) is 0.385. The summed E-state index contributed by atoms with van der Waals surface area (Å²) in [6.45, 7) is 1.61. The number of anilines is 1. The van der Waals surface area contributed by atoms with Crippen molar-refractivity contribution in [3.63, 3.8) is 0 Å². The van der Waals surface area contributed by atoms with E-state index in [0.29, 0.717) is 16.3 Å². The van der Waals surface area contributed by atoms with Gasteiger partial charge >= 0.3 is 6.03 Å². The summed E-state index contributed by atoms with van der Waals surface area (Å²) in [4.78, 5) is 37.9. The topological polar surface area (TPSA) is 87.3 Å². The molecular weight excluding hydrogens is 434 g/mol. The standard InChI is InChI=1S/C23H18ClN3O3S/c1-23(21(29)26-22(30)27-23)14-5-4-6-15(13-14)25-20(28)12-10-16-9-11-19(31-16)17-7-2-3-8-18(17)24/h2-13H,1H3,(H,25,28)(H2,26,27,29,30)/b12-10+. The number of hydrogen-bond acceptors (Lipinski definition) is 4. The van der Waals surface area contributed by atoms with Gasteiger partial charge in [0.05, 0.1) is 0 Å². The number of amides is 4. The van der Waals surface area contributed by atoms with Crippen molar-refractivity contribution in [2.45, 2.75) is 12.5 Å². The molecule has 1 aromatic heterocycles. The zero-order chi connectivity index (χ0) is 22.0.